The fraction of sp³-hybridized carbons (Fsp3) is 0.571. The highest BCUT2D eigenvalue weighted by Gasteiger charge is 2.30. The molecule has 0 aliphatic heterocycles. The lowest BCUT2D eigenvalue weighted by atomic mass is 9.95. The highest BCUT2D eigenvalue weighted by Crippen LogP contribution is 2.39. The average molecular weight is 438 g/mol. The summed E-state index contributed by atoms with van der Waals surface area (Å²) in [6.07, 6.45) is 5.26. The maximum atomic E-state index is 13.2. The fourth-order valence-electron chi connectivity index (χ4n) is 3.75. The summed E-state index contributed by atoms with van der Waals surface area (Å²) in [5.41, 5.74) is 3.04. The molecule has 0 saturated heterocycles. The Labute approximate surface area is 180 Å². The minimum absolute atomic E-state index is 0.196. The van der Waals surface area contributed by atoms with Gasteiger partial charge in [-0.05, 0) is 57.9 Å². The van der Waals surface area contributed by atoms with Gasteiger partial charge in [-0.3, -0.25) is 9.48 Å². The number of esters is 1. The first-order valence-corrected chi connectivity index (χ1v) is 11.4. The molecule has 6 nitrogen and oxygen atoms in total. The van der Waals surface area contributed by atoms with Crippen molar-refractivity contribution in [3.05, 3.63) is 32.4 Å². The minimum atomic E-state index is -0.500. The molecule has 2 aromatic rings. The van der Waals surface area contributed by atoms with E-state index in [-0.39, 0.29) is 11.9 Å². The number of halogens is 1. The van der Waals surface area contributed by atoms with E-state index in [0.29, 0.717) is 34.3 Å². The van der Waals surface area contributed by atoms with Crippen molar-refractivity contribution >= 4 is 39.8 Å². The lowest BCUT2D eigenvalue weighted by Gasteiger charge is -2.17. The van der Waals surface area contributed by atoms with Crippen molar-refractivity contribution in [2.24, 2.45) is 0 Å². The lowest BCUT2D eigenvalue weighted by Crippen LogP contribution is -2.27. The van der Waals surface area contributed by atoms with Crippen LogP contribution in [0.2, 0.25) is 5.02 Å². The molecule has 1 unspecified atom stereocenters. The van der Waals surface area contributed by atoms with E-state index >= 15 is 0 Å². The van der Waals surface area contributed by atoms with Gasteiger partial charge in [-0.2, -0.15) is 5.10 Å². The van der Waals surface area contributed by atoms with Crippen LogP contribution < -0.4 is 5.32 Å². The van der Waals surface area contributed by atoms with E-state index in [0.717, 1.165) is 43.4 Å². The predicted octanol–water partition coefficient (Wildman–Crippen LogP) is 5.25. The number of hydrogen-bond donors (Lipinski definition) is 1. The van der Waals surface area contributed by atoms with Crippen LogP contribution in [0.3, 0.4) is 0 Å². The zero-order valence-electron chi connectivity index (χ0n) is 17.4. The van der Waals surface area contributed by atoms with Gasteiger partial charge in [-0.1, -0.05) is 25.4 Å². The van der Waals surface area contributed by atoms with Crippen molar-refractivity contribution < 1.29 is 14.3 Å². The summed E-state index contributed by atoms with van der Waals surface area (Å²) >= 11 is 7.77. The molecule has 1 N–H and O–H groups in total. The van der Waals surface area contributed by atoms with Gasteiger partial charge >= 0.3 is 5.97 Å². The Morgan fingerprint density at radius 2 is 2.00 bits per heavy atom. The van der Waals surface area contributed by atoms with E-state index in [4.69, 9.17) is 16.3 Å². The molecule has 1 amide bonds. The number of rotatable bonds is 7. The number of nitrogens with one attached hydrogen (secondary N) is 1. The van der Waals surface area contributed by atoms with Crippen LogP contribution in [0.25, 0.3) is 0 Å². The summed E-state index contributed by atoms with van der Waals surface area (Å²) in [5, 5.41) is 8.62. The van der Waals surface area contributed by atoms with Crippen molar-refractivity contribution in [1.29, 1.82) is 0 Å². The third-order valence-electron chi connectivity index (χ3n) is 5.27. The van der Waals surface area contributed by atoms with Crippen molar-refractivity contribution in [2.75, 3.05) is 11.9 Å². The zero-order valence-corrected chi connectivity index (χ0v) is 19.0. The number of nitrogens with zero attached hydrogens (tertiary/aromatic N) is 2. The number of aromatic nitrogens is 2. The standard InChI is InChI=1S/C21H28ClN3O3S/c1-5-11-28-21(27)17-14-9-7-8-10-16(14)29-20(17)23-19(26)15(6-2)25-13(4)18(22)12(3)24-25/h15H,5-11H2,1-4H3,(H,23,26). The molecule has 1 aliphatic rings. The Morgan fingerprint density at radius 3 is 2.62 bits per heavy atom. The van der Waals surface area contributed by atoms with Crippen LogP contribution in [0.15, 0.2) is 0 Å². The van der Waals surface area contributed by atoms with Crippen LogP contribution in [0, 0.1) is 13.8 Å². The SMILES string of the molecule is CCCOC(=O)c1c(NC(=O)C(CC)n2nc(C)c(Cl)c2C)sc2c1CCCC2. The molecule has 0 radical (unpaired) electrons. The second-order valence-electron chi connectivity index (χ2n) is 7.39. The molecule has 0 bridgehead atoms. The van der Waals surface area contributed by atoms with Gasteiger partial charge < -0.3 is 10.1 Å². The third kappa shape index (κ3) is 4.36. The van der Waals surface area contributed by atoms with Crippen LogP contribution in [-0.4, -0.2) is 28.3 Å². The normalized spacial score (nSPS) is 14.4. The largest absolute Gasteiger partial charge is 0.462 e. The van der Waals surface area contributed by atoms with Crippen molar-refractivity contribution in [1.82, 2.24) is 9.78 Å². The van der Waals surface area contributed by atoms with Crippen molar-refractivity contribution in [2.45, 2.75) is 72.3 Å². The second-order valence-corrected chi connectivity index (χ2v) is 8.88. The Morgan fingerprint density at radius 1 is 1.28 bits per heavy atom. The van der Waals surface area contributed by atoms with Crippen molar-refractivity contribution in [3.8, 4) is 0 Å². The first kappa shape index (κ1) is 21.8. The molecule has 3 rings (SSSR count). The quantitative estimate of drug-likeness (QED) is 0.600. The van der Waals surface area contributed by atoms with E-state index in [9.17, 15) is 9.59 Å². The third-order valence-corrected chi connectivity index (χ3v) is 7.02. The highest BCUT2D eigenvalue weighted by atomic mass is 35.5. The number of aryl methyl sites for hydroxylation is 2. The summed E-state index contributed by atoms with van der Waals surface area (Å²) in [6, 6.07) is -0.500. The first-order valence-electron chi connectivity index (χ1n) is 10.2. The molecule has 2 heterocycles. The van der Waals surface area contributed by atoms with Gasteiger partial charge in [0.25, 0.3) is 0 Å². The summed E-state index contributed by atoms with van der Waals surface area (Å²) in [6.45, 7) is 7.95. The van der Waals surface area contributed by atoms with Gasteiger partial charge in [0.15, 0.2) is 0 Å². The summed E-state index contributed by atoms with van der Waals surface area (Å²) in [7, 11) is 0. The molecule has 1 atom stereocenters. The maximum Gasteiger partial charge on any atom is 0.341 e. The molecule has 0 fully saturated rings. The molecule has 0 aromatic carbocycles. The van der Waals surface area contributed by atoms with Gasteiger partial charge in [0.2, 0.25) is 5.91 Å². The number of carbonyl (C=O) groups excluding carboxylic acids is 2. The average Bonchev–Trinajstić information content (AvgIpc) is 3.19. The Kier molecular flexibility index (Phi) is 7.01. The van der Waals surface area contributed by atoms with Gasteiger partial charge in [0.05, 0.1) is 28.6 Å². The molecule has 0 spiro atoms. The number of ether oxygens (including phenoxy) is 1. The summed E-state index contributed by atoms with van der Waals surface area (Å²) < 4.78 is 7.09. The fourth-order valence-corrected chi connectivity index (χ4v) is 5.15. The molecular formula is C21H28ClN3O3S. The van der Waals surface area contributed by atoms with E-state index in [1.165, 1.54) is 16.2 Å². The molecule has 0 saturated carbocycles. The zero-order chi connectivity index (χ0) is 21.1. The number of fused-ring (bicyclic) bond motifs is 1. The van der Waals surface area contributed by atoms with Gasteiger partial charge in [-0.25, -0.2) is 4.79 Å². The summed E-state index contributed by atoms with van der Waals surface area (Å²) in [5.74, 6) is -0.540. The number of anilines is 1. The van der Waals surface area contributed by atoms with E-state index in [1.54, 1.807) is 4.68 Å². The monoisotopic (exact) mass is 437 g/mol. The van der Waals surface area contributed by atoms with Gasteiger partial charge in [-0.15, -0.1) is 11.3 Å². The highest BCUT2D eigenvalue weighted by molar-refractivity contribution is 7.17. The molecule has 29 heavy (non-hydrogen) atoms. The Balaban J connectivity index is 1.91. The molecule has 1 aliphatic carbocycles. The second kappa shape index (κ2) is 9.30. The molecule has 8 heteroatoms. The van der Waals surface area contributed by atoms with Crippen LogP contribution >= 0.6 is 22.9 Å². The van der Waals surface area contributed by atoms with Crippen LogP contribution in [0.4, 0.5) is 5.00 Å². The molecule has 2 aromatic heterocycles. The number of thiophene rings is 1. The number of hydrogen-bond acceptors (Lipinski definition) is 5. The lowest BCUT2D eigenvalue weighted by molar-refractivity contribution is -0.119. The smallest absolute Gasteiger partial charge is 0.341 e. The predicted molar refractivity (Wildman–Crippen MR) is 116 cm³/mol. The first-order chi connectivity index (χ1) is 13.9. The van der Waals surface area contributed by atoms with Crippen LogP contribution in [0.5, 0.6) is 0 Å². The maximum absolute atomic E-state index is 13.2. The van der Waals surface area contributed by atoms with Crippen LogP contribution in [0.1, 0.15) is 77.8 Å². The number of carbonyl (C=O) groups is 2. The minimum Gasteiger partial charge on any atom is -0.462 e. The van der Waals surface area contributed by atoms with Gasteiger partial charge in [0, 0.05) is 4.88 Å². The van der Waals surface area contributed by atoms with Crippen molar-refractivity contribution in [3.63, 3.8) is 0 Å². The van der Waals surface area contributed by atoms with E-state index in [1.807, 2.05) is 27.7 Å². The Bertz CT molecular complexity index is 919. The summed E-state index contributed by atoms with van der Waals surface area (Å²) in [4.78, 5) is 27.1. The van der Waals surface area contributed by atoms with Crippen LogP contribution in [-0.2, 0) is 22.4 Å². The number of amides is 1. The van der Waals surface area contributed by atoms with Gasteiger partial charge in [0.1, 0.15) is 11.0 Å². The molecule has 158 valence electrons. The molecular weight excluding hydrogens is 410 g/mol. The van der Waals surface area contributed by atoms with E-state index in [2.05, 4.69) is 10.4 Å². The van der Waals surface area contributed by atoms with E-state index < -0.39 is 6.04 Å². The topological polar surface area (TPSA) is 73.2 Å². The Hall–Kier alpha value is -1.86.